The molecule has 1 N–H and O–H groups in total. The van der Waals surface area contributed by atoms with E-state index in [9.17, 15) is 4.79 Å². The van der Waals surface area contributed by atoms with Gasteiger partial charge in [0.15, 0.2) is 5.88 Å². The van der Waals surface area contributed by atoms with Crippen molar-refractivity contribution in [2.24, 2.45) is 0 Å². The van der Waals surface area contributed by atoms with Gasteiger partial charge in [0.25, 0.3) is 0 Å². The number of ether oxygens (including phenoxy) is 1. The van der Waals surface area contributed by atoms with E-state index in [2.05, 4.69) is 4.98 Å². The Balaban J connectivity index is 1.89. The number of fused-ring (bicyclic) bond motifs is 1. The van der Waals surface area contributed by atoms with Crippen LogP contribution in [0.2, 0.25) is 0 Å². The molecule has 3 heterocycles. The normalized spacial score (nSPS) is 10.9. The van der Waals surface area contributed by atoms with Crippen molar-refractivity contribution in [1.29, 1.82) is 0 Å². The van der Waals surface area contributed by atoms with E-state index in [-0.39, 0.29) is 0 Å². The van der Waals surface area contributed by atoms with E-state index in [1.54, 1.807) is 19.4 Å². The summed E-state index contributed by atoms with van der Waals surface area (Å²) >= 11 is 1.20. The number of methoxy groups -OCH3 is 1. The SMILES string of the molecule is COc1cc(-c2ccccc2)cc2ncc(-c3csc(C(=O)O)c3)n12. The van der Waals surface area contributed by atoms with E-state index in [0.717, 1.165) is 28.0 Å². The maximum atomic E-state index is 11.1. The van der Waals surface area contributed by atoms with Gasteiger partial charge in [-0.3, -0.25) is 4.40 Å². The molecule has 5 nitrogen and oxygen atoms in total. The van der Waals surface area contributed by atoms with Crippen LogP contribution < -0.4 is 4.74 Å². The van der Waals surface area contributed by atoms with Crippen LogP contribution in [-0.2, 0) is 0 Å². The first-order chi connectivity index (χ1) is 12.2. The predicted octanol–water partition coefficient (Wildman–Crippen LogP) is 4.44. The van der Waals surface area contributed by atoms with Crippen LogP contribution in [0.25, 0.3) is 28.0 Å². The van der Waals surface area contributed by atoms with E-state index in [1.807, 2.05) is 52.2 Å². The maximum absolute atomic E-state index is 11.1. The number of hydrogen-bond acceptors (Lipinski definition) is 4. The van der Waals surface area contributed by atoms with E-state index in [4.69, 9.17) is 9.84 Å². The second kappa shape index (κ2) is 6.07. The van der Waals surface area contributed by atoms with Crippen LogP contribution in [0.3, 0.4) is 0 Å². The molecule has 3 aromatic heterocycles. The van der Waals surface area contributed by atoms with Gasteiger partial charge in [0, 0.05) is 17.0 Å². The third-order valence-corrected chi connectivity index (χ3v) is 4.91. The highest BCUT2D eigenvalue weighted by atomic mass is 32.1. The van der Waals surface area contributed by atoms with E-state index in [1.165, 1.54) is 11.3 Å². The molecule has 0 amide bonds. The Labute approximate surface area is 147 Å². The van der Waals surface area contributed by atoms with E-state index in [0.29, 0.717) is 10.8 Å². The summed E-state index contributed by atoms with van der Waals surface area (Å²) in [6, 6.07) is 15.6. The van der Waals surface area contributed by atoms with Crippen LogP contribution in [0.4, 0.5) is 0 Å². The summed E-state index contributed by atoms with van der Waals surface area (Å²) in [5.41, 5.74) is 4.45. The Kier molecular flexibility index (Phi) is 3.74. The van der Waals surface area contributed by atoms with Crippen LogP contribution in [0.5, 0.6) is 5.88 Å². The van der Waals surface area contributed by atoms with Crippen molar-refractivity contribution in [3.05, 3.63) is 65.0 Å². The zero-order valence-electron chi connectivity index (χ0n) is 13.3. The lowest BCUT2D eigenvalue weighted by atomic mass is 10.1. The number of nitrogens with zero attached hydrogens (tertiary/aromatic N) is 2. The lowest BCUT2D eigenvalue weighted by molar-refractivity contribution is 0.0702. The highest BCUT2D eigenvalue weighted by Gasteiger charge is 2.15. The lowest BCUT2D eigenvalue weighted by Gasteiger charge is -2.10. The first kappa shape index (κ1) is 15.4. The quantitative estimate of drug-likeness (QED) is 0.591. The summed E-state index contributed by atoms with van der Waals surface area (Å²) in [4.78, 5) is 15.9. The summed E-state index contributed by atoms with van der Waals surface area (Å²) < 4.78 is 7.46. The first-order valence-electron chi connectivity index (χ1n) is 7.60. The molecule has 0 unspecified atom stereocenters. The minimum atomic E-state index is -0.927. The smallest absolute Gasteiger partial charge is 0.345 e. The number of hydrogen-bond donors (Lipinski definition) is 1. The highest BCUT2D eigenvalue weighted by Crippen LogP contribution is 2.32. The van der Waals surface area contributed by atoms with Crippen LogP contribution >= 0.6 is 11.3 Å². The highest BCUT2D eigenvalue weighted by molar-refractivity contribution is 7.12. The molecule has 6 heteroatoms. The molecule has 124 valence electrons. The zero-order chi connectivity index (χ0) is 17.4. The second-order valence-corrected chi connectivity index (χ2v) is 6.41. The number of thiophene rings is 1. The third-order valence-electron chi connectivity index (χ3n) is 4.00. The molecular weight excluding hydrogens is 336 g/mol. The van der Waals surface area contributed by atoms with Crippen molar-refractivity contribution >= 4 is 23.0 Å². The van der Waals surface area contributed by atoms with Gasteiger partial charge in [-0.1, -0.05) is 30.3 Å². The average molecular weight is 350 g/mol. The molecular formula is C19H14N2O3S. The van der Waals surface area contributed by atoms with Gasteiger partial charge in [-0.2, -0.15) is 0 Å². The number of benzene rings is 1. The summed E-state index contributed by atoms with van der Waals surface area (Å²) in [6.07, 6.45) is 1.74. The molecule has 1 aromatic carbocycles. The fourth-order valence-electron chi connectivity index (χ4n) is 2.81. The summed E-state index contributed by atoms with van der Waals surface area (Å²) in [7, 11) is 1.61. The van der Waals surface area contributed by atoms with Crippen molar-refractivity contribution in [3.8, 4) is 28.3 Å². The van der Waals surface area contributed by atoms with Crippen molar-refractivity contribution in [1.82, 2.24) is 9.38 Å². The van der Waals surface area contributed by atoms with E-state index >= 15 is 0 Å². The number of rotatable bonds is 4. The van der Waals surface area contributed by atoms with Crippen molar-refractivity contribution in [2.45, 2.75) is 0 Å². The molecule has 0 bridgehead atoms. The summed E-state index contributed by atoms with van der Waals surface area (Å²) in [6.45, 7) is 0. The predicted molar refractivity (Wildman–Crippen MR) is 97.5 cm³/mol. The van der Waals surface area contributed by atoms with Crippen LogP contribution in [0, 0.1) is 0 Å². The maximum Gasteiger partial charge on any atom is 0.345 e. The van der Waals surface area contributed by atoms with Crippen LogP contribution in [-0.4, -0.2) is 27.6 Å². The molecule has 0 saturated heterocycles. The van der Waals surface area contributed by atoms with Crippen LogP contribution in [0.15, 0.2) is 60.1 Å². The monoisotopic (exact) mass is 350 g/mol. The number of aromatic carboxylic acids is 1. The lowest BCUT2D eigenvalue weighted by Crippen LogP contribution is -1.97. The molecule has 0 aliphatic heterocycles. The van der Waals surface area contributed by atoms with Crippen LogP contribution in [0.1, 0.15) is 9.67 Å². The Bertz CT molecular complexity index is 1070. The molecule has 4 aromatic rings. The Hall–Kier alpha value is -3.12. The van der Waals surface area contributed by atoms with Gasteiger partial charge in [0.05, 0.1) is 19.0 Å². The van der Waals surface area contributed by atoms with Gasteiger partial charge < -0.3 is 9.84 Å². The Morgan fingerprint density at radius 1 is 1.12 bits per heavy atom. The summed E-state index contributed by atoms with van der Waals surface area (Å²) in [5, 5.41) is 11.0. The largest absolute Gasteiger partial charge is 0.482 e. The molecule has 0 radical (unpaired) electrons. The molecule has 0 atom stereocenters. The number of carboxylic acid groups (broad SMARTS) is 1. The molecule has 25 heavy (non-hydrogen) atoms. The van der Waals surface area contributed by atoms with Crippen molar-refractivity contribution < 1.29 is 14.6 Å². The van der Waals surface area contributed by atoms with Gasteiger partial charge in [-0.05, 0) is 23.3 Å². The standard InChI is InChI=1S/C19H14N2O3S/c1-24-18-9-13(12-5-3-2-4-6-12)8-17-20-10-15(21(17)18)14-7-16(19(22)23)25-11-14/h2-11H,1H3,(H,22,23). The molecule has 0 aliphatic rings. The Morgan fingerprint density at radius 2 is 1.92 bits per heavy atom. The topological polar surface area (TPSA) is 63.8 Å². The molecule has 0 spiro atoms. The first-order valence-corrected chi connectivity index (χ1v) is 8.48. The minimum absolute atomic E-state index is 0.296. The summed E-state index contributed by atoms with van der Waals surface area (Å²) in [5.74, 6) is -0.282. The third kappa shape index (κ3) is 2.66. The molecule has 0 aliphatic carbocycles. The van der Waals surface area contributed by atoms with Gasteiger partial charge in [0.1, 0.15) is 10.5 Å². The van der Waals surface area contributed by atoms with Gasteiger partial charge >= 0.3 is 5.97 Å². The number of pyridine rings is 1. The van der Waals surface area contributed by atoms with Crippen molar-refractivity contribution in [3.63, 3.8) is 0 Å². The van der Waals surface area contributed by atoms with E-state index < -0.39 is 5.97 Å². The van der Waals surface area contributed by atoms with Gasteiger partial charge in [-0.25, -0.2) is 9.78 Å². The average Bonchev–Trinajstić information content (AvgIpc) is 3.28. The minimum Gasteiger partial charge on any atom is -0.482 e. The zero-order valence-corrected chi connectivity index (χ0v) is 14.2. The van der Waals surface area contributed by atoms with Gasteiger partial charge in [-0.15, -0.1) is 11.3 Å². The molecule has 4 rings (SSSR count). The number of aromatic nitrogens is 2. The van der Waals surface area contributed by atoms with Gasteiger partial charge in [0.2, 0.25) is 0 Å². The number of carboxylic acids is 1. The fourth-order valence-corrected chi connectivity index (χ4v) is 3.55. The fraction of sp³-hybridized carbons (Fsp3) is 0.0526. The second-order valence-electron chi connectivity index (χ2n) is 5.49. The Morgan fingerprint density at radius 3 is 2.60 bits per heavy atom. The molecule has 0 fully saturated rings. The van der Waals surface area contributed by atoms with Crippen molar-refractivity contribution in [2.75, 3.05) is 7.11 Å². The number of imidazole rings is 1. The molecule has 0 saturated carbocycles. The number of carbonyl (C=O) groups is 1.